The fourth-order valence-corrected chi connectivity index (χ4v) is 3.66. The third kappa shape index (κ3) is 5.12. The van der Waals surface area contributed by atoms with Gasteiger partial charge in [0, 0.05) is 16.8 Å². The largest absolute Gasteiger partial charge is 0.196 e. The topological polar surface area (TPSA) is 0 Å². The van der Waals surface area contributed by atoms with Crippen LogP contribution in [0.4, 0.5) is 0 Å². The fraction of sp³-hybridized carbons (Fsp3) is 0.179. The first-order valence-corrected chi connectivity index (χ1v) is 9.90. The van der Waals surface area contributed by atoms with Crippen molar-refractivity contribution in [2.24, 2.45) is 0 Å². The van der Waals surface area contributed by atoms with Gasteiger partial charge in [-0.1, -0.05) is 120 Å². The summed E-state index contributed by atoms with van der Waals surface area (Å²) in [7, 11) is 0. The van der Waals surface area contributed by atoms with Crippen LogP contribution in [0.1, 0.15) is 38.9 Å². The van der Waals surface area contributed by atoms with Crippen LogP contribution in [0.5, 0.6) is 0 Å². The van der Waals surface area contributed by atoms with Gasteiger partial charge < -0.3 is 0 Å². The molecule has 151 valence electrons. The molecule has 4 rings (SSSR count). The predicted octanol–water partition coefficient (Wildman–Crippen LogP) is 7.56. The molecule has 0 bridgehead atoms. The molecule has 0 amide bonds. The molecule has 3 aromatic carbocycles. The molecule has 1 radical (unpaired) electrons. The maximum absolute atomic E-state index is 2.20. The van der Waals surface area contributed by atoms with E-state index in [0.717, 1.165) is 0 Å². The molecule has 0 saturated carbocycles. The van der Waals surface area contributed by atoms with Gasteiger partial charge in [0.1, 0.15) is 0 Å². The van der Waals surface area contributed by atoms with E-state index in [0.29, 0.717) is 0 Å². The van der Waals surface area contributed by atoms with Crippen molar-refractivity contribution < 1.29 is 16.8 Å². The summed E-state index contributed by atoms with van der Waals surface area (Å²) in [6.07, 6.45) is 8.49. The van der Waals surface area contributed by atoms with Crippen LogP contribution in [0.25, 0.3) is 5.57 Å². The van der Waals surface area contributed by atoms with Crippen molar-refractivity contribution in [3.8, 4) is 0 Å². The number of rotatable bonds is 2. The Morgan fingerprint density at radius 1 is 0.621 bits per heavy atom. The smallest absolute Gasteiger partial charge is 0 e. The van der Waals surface area contributed by atoms with E-state index in [9.17, 15) is 0 Å². The minimum Gasteiger partial charge on any atom is -0.196 e. The molecule has 0 unspecified atom stereocenters. The summed E-state index contributed by atoms with van der Waals surface area (Å²) in [5.74, 6) is 0. The minimum atomic E-state index is 0. The maximum Gasteiger partial charge on any atom is 0 e. The van der Waals surface area contributed by atoms with Crippen LogP contribution in [0.15, 0.2) is 90.5 Å². The van der Waals surface area contributed by atoms with Gasteiger partial charge in [0.15, 0.2) is 0 Å². The van der Waals surface area contributed by atoms with Crippen molar-refractivity contribution in [2.45, 2.75) is 34.6 Å². The SMILES string of the molecule is C1=CC(=C(c2ccccc2)c2ccccc2)C=C1.Cc1c(C)c(C)[c-](C)c1C.[Co]. The van der Waals surface area contributed by atoms with Gasteiger partial charge in [0.05, 0.1) is 0 Å². The molecule has 1 aliphatic carbocycles. The molecule has 0 atom stereocenters. The van der Waals surface area contributed by atoms with E-state index in [1.807, 2.05) is 0 Å². The molecule has 0 nitrogen and oxygen atoms in total. The standard InChI is InChI=1S/C18H14.C10H15.Co/c1-3-9-15(10-4-1)18(17-13-7-8-14-17)16-11-5-2-6-12-16;1-6-7(2)9(4)10(5)8(6)3;/h1-14H;1-5H3;/q;-1;. The van der Waals surface area contributed by atoms with Crippen molar-refractivity contribution in [3.63, 3.8) is 0 Å². The van der Waals surface area contributed by atoms with Crippen LogP contribution in [-0.4, -0.2) is 0 Å². The molecule has 0 aromatic heterocycles. The number of hydrogen-bond acceptors (Lipinski definition) is 0. The van der Waals surface area contributed by atoms with Crippen LogP contribution in [0, 0.1) is 34.6 Å². The quantitative estimate of drug-likeness (QED) is 0.372. The monoisotopic (exact) mass is 424 g/mol. The minimum absolute atomic E-state index is 0. The maximum atomic E-state index is 2.20. The van der Waals surface area contributed by atoms with Gasteiger partial charge in [-0.15, -0.1) is 0 Å². The Hall–Kier alpha value is -2.48. The van der Waals surface area contributed by atoms with E-state index in [2.05, 4.69) is 120 Å². The second-order valence-electron chi connectivity index (χ2n) is 7.41. The Bertz CT molecular complexity index is 893. The number of allylic oxidation sites excluding steroid dienone is 5. The first kappa shape index (κ1) is 22.8. The van der Waals surface area contributed by atoms with E-state index in [-0.39, 0.29) is 16.8 Å². The van der Waals surface area contributed by atoms with Gasteiger partial charge in [0.2, 0.25) is 0 Å². The second-order valence-corrected chi connectivity index (χ2v) is 7.41. The molecule has 3 aromatic rings. The van der Waals surface area contributed by atoms with Gasteiger partial charge in [-0.05, 0) is 22.3 Å². The van der Waals surface area contributed by atoms with Gasteiger partial charge in [-0.2, -0.15) is 27.8 Å². The molecule has 0 N–H and O–H groups in total. The molecule has 0 saturated heterocycles. The summed E-state index contributed by atoms with van der Waals surface area (Å²) >= 11 is 0. The normalized spacial score (nSPS) is 11.7. The molecule has 29 heavy (non-hydrogen) atoms. The van der Waals surface area contributed by atoms with Crippen molar-refractivity contribution in [1.82, 2.24) is 0 Å². The van der Waals surface area contributed by atoms with E-state index in [4.69, 9.17) is 0 Å². The molecule has 0 spiro atoms. The molecule has 0 aliphatic heterocycles. The van der Waals surface area contributed by atoms with Gasteiger partial charge >= 0.3 is 0 Å². The number of hydrogen-bond donors (Lipinski definition) is 0. The summed E-state index contributed by atoms with van der Waals surface area (Å²) in [5, 5.41) is 0. The third-order valence-corrected chi connectivity index (χ3v) is 5.89. The first-order valence-electron chi connectivity index (χ1n) is 9.90. The van der Waals surface area contributed by atoms with E-state index >= 15 is 0 Å². The summed E-state index contributed by atoms with van der Waals surface area (Å²) in [4.78, 5) is 0. The average molecular weight is 424 g/mol. The van der Waals surface area contributed by atoms with E-state index < -0.39 is 0 Å². The van der Waals surface area contributed by atoms with Crippen molar-refractivity contribution in [2.75, 3.05) is 0 Å². The van der Waals surface area contributed by atoms with Crippen molar-refractivity contribution in [3.05, 3.63) is 129 Å². The van der Waals surface area contributed by atoms with Gasteiger partial charge in [-0.3, -0.25) is 0 Å². The van der Waals surface area contributed by atoms with E-state index in [1.165, 1.54) is 50.1 Å². The van der Waals surface area contributed by atoms with Crippen LogP contribution >= 0.6 is 0 Å². The molecular formula is C28H29Co-. The molecule has 0 fully saturated rings. The molecule has 1 aliphatic rings. The van der Waals surface area contributed by atoms with Crippen molar-refractivity contribution in [1.29, 1.82) is 0 Å². The third-order valence-electron chi connectivity index (χ3n) is 5.89. The Kier molecular flexibility index (Phi) is 8.13. The zero-order valence-corrected chi connectivity index (χ0v) is 19.0. The average Bonchev–Trinajstić information content (AvgIpc) is 3.32. The van der Waals surface area contributed by atoms with Crippen LogP contribution in [0.3, 0.4) is 0 Å². The van der Waals surface area contributed by atoms with Crippen molar-refractivity contribution >= 4 is 5.57 Å². The first-order chi connectivity index (χ1) is 13.5. The van der Waals surface area contributed by atoms with Crippen LogP contribution in [0.2, 0.25) is 0 Å². The summed E-state index contributed by atoms with van der Waals surface area (Å²) in [6, 6.07) is 21.1. The Labute approximate surface area is 186 Å². The molecular weight excluding hydrogens is 395 g/mol. The molecule has 0 heterocycles. The number of benzene rings is 2. The zero-order chi connectivity index (χ0) is 20.1. The van der Waals surface area contributed by atoms with E-state index in [1.54, 1.807) is 0 Å². The second kappa shape index (κ2) is 10.3. The summed E-state index contributed by atoms with van der Waals surface area (Å²) in [5.41, 5.74) is 12.4. The molecule has 1 heteroatoms. The predicted molar refractivity (Wildman–Crippen MR) is 123 cm³/mol. The Morgan fingerprint density at radius 2 is 1.00 bits per heavy atom. The van der Waals surface area contributed by atoms with Gasteiger partial charge in [-0.25, -0.2) is 0 Å². The van der Waals surface area contributed by atoms with Crippen LogP contribution in [-0.2, 0) is 16.8 Å². The Balaban J connectivity index is 0.000000234. The zero-order valence-electron chi connectivity index (χ0n) is 17.9. The summed E-state index contributed by atoms with van der Waals surface area (Å²) in [6.45, 7) is 11.0. The van der Waals surface area contributed by atoms with Gasteiger partial charge in [0.25, 0.3) is 0 Å². The Morgan fingerprint density at radius 3 is 1.31 bits per heavy atom. The van der Waals surface area contributed by atoms with Crippen LogP contribution < -0.4 is 0 Å². The fourth-order valence-electron chi connectivity index (χ4n) is 3.66. The summed E-state index contributed by atoms with van der Waals surface area (Å²) < 4.78 is 0.